The molecule has 1 N–H and O–H groups in total. The van der Waals surface area contributed by atoms with Gasteiger partial charge in [-0.2, -0.15) is 10.4 Å². The second-order valence-corrected chi connectivity index (χ2v) is 7.87. The summed E-state index contributed by atoms with van der Waals surface area (Å²) in [4.78, 5) is 31.0. The van der Waals surface area contributed by atoms with Gasteiger partial charge in [-0.25, -0.2) is 9.50 Å². The summed E-state index contributed by atoms with van der Waals surface area (Å²) in [7, 11) is 1.64. The predicted molar refractivity (Wildman–Crippen MR) is 130 cm³/mol. The lowest BCUT2D eigenvalue weighted by Crippen LogP contribution is -2.27. The highest BCUT2D eigenvalue weighted by molar-refractivity contribution is 6.06. The Morgan fingerprint density at radius 3 is 2.56 bits per heavy atom. The van der Waals surface area contributed by atoms with Crippen molar-refractivity contribution < 1.29 is 9.59 Å². The molecule has 0 radical (unpaired) electrons. The second-order valence-electron chi connectivity index (χ2n) is 7.87. The standard InChI is InChI=1S/C26H24N6O2/c1-3-4-12-28-25(33)20-8-6-19(7-9-20)22-17-30-32-13-11-21(14-23(22)32)26(34)31(2)24-10-5-18(15-27)16-29-24/h5-11,13-14,16-17H,3-4,12H2,1-2H3,(H,28,33). The molecule has 0 saturated carbocycles. The quantitative estimate of drug-likeness (QED) is 0.426. The highest BCUT2D eigenvalue weighted by Crippen LogP contribution is 2.26. The molecule has 34 heavy (non-hydrogen) atoms. The molecule has 0 spiro atoms. The first-order valence-corrected chi connectivity index (χ1v) is 11.0. The molecule has 4 aromatic rings. The van der Waals surface area contributed by atoms with Crippen LogP contribution in [0.4, 0.5) is 5.82 Å². The fraction of sp³-hybridized carbons (Fsp3) is 0.192. The van der Waals surface area contributed by atoms with E-state index in [1.807, 2.05) is 18.2 Å². The second kappa shape index (κ2) is 9.96. The lowest BCUT2D eigenvalue weighted by Gasteiger charge is -2.16. The minimum Gasteiger partial charge on any atom is -0.352 e. The van der Waals surface area contributed by atoms with E-state index in [0.717, 1.165) is 29.5 Å². The molecular formula is C26H24N6O2. The van der Waals surface area contributed by atoms with Crippen LogP contribution in [0.3, 0.4) is 0 Å². The van der Waals surface area contributed by atoms with E-state index < -0.39 is 0 Å². The lowest BCUT2D eigenvalue weighted by atomic mass is 10.0. The van der Waals surface area contributed by atoms with Gasteiger partial charge < -0.3 is 5.32 Å². The molecule has 8 heteroatoms. The maximum atomic E-state index is 13.1. The van der Waals surface area contributed by atoms with Crippen molar-refractivity contribution in [2.45, 2.75) is 19.8 Å². The number of anilines is 1. The third-order valence-corrected chi connectivity index (χ3v) is 5.57. The molecule has 0 atom stereocenters. The minimum absolute atomic E-state index is 0.0906. The van der Waals surface area contributed by atoms with E-state index in [1.54, 1.807) is 60.4 Å². The van der Waals surface area contributed by atoms with Crippen LogP contribution in [-0.2, 0) is 0 Å². The maximum absolute atomic E-state index is 13.1. The van der Waals surface area contributed by atoms with Crippen molar-refractivity contribution in [2.75, 3.05) is 18.5 Å². The van der Waals surface area contributed by atoms with Crippen LogP contribution < -0.4 is 10.2 Å². The van der Waals surface area contributed by atoms with E-state index >= 15 is 0 Å². The van der Waals surface area contributed by atoms with Gasteiger partial charge in [0.05, 0.1) is 17.3 Å². The number of rotatable bonds is 7. The number of fused-ring (bicyclic) bond motifs is 1. The van der Waals surface area contributed by atoms with Crippen molar-refractivity contribution in [2.24, 2.45) is 0 Å². The Morgan fingerprint density at radius 2 is 1.88 bits per heavy atom. The number of aromatic nitrogens is 3. The molecule has 3 aromatic heterocycles. The van der Waals surface area contributed by atoms with Crippen molar-refractivity contribution >= 4 is 23.1 Å². The van der Waals surface area contributed by atoms with Gasteiger partial charge in [0, 0.05) is 42.7 Å². The van der Waals surface area contributed by atoms with Gasteiger partial charge in [0.25, 0.3) is 11.8 Å². The molecule has 0 saturated heterocycles. The van der Waals surface area contributed by atoms with Gasteiger partial charge in [0.15, 0.2) is 0 Å². The Bertz CT molecular complexity index is 1370. The normalized spacial score (nSPS) is 10.6. The Hall–Kier alpha value is -4.51. The topological polar surface area (TPSA) is 103 Å². The summed E-state index contributed by atoms with van der Waals surface area (Å²) >= 11 is 0. The molecule has 1 aromatic carbocycles. The number of carbonyl (C=O) groups excluding carboxylic acids is 2. The van der Waals surface area contributed by atoms with E-state index in [4.69, 9.17) is 5.26 Å². The van der Waals surface area contributed by atoms with Crippen LogP contribution in [-0.4, -0.2) is 40.0 Å². The first-order chi connectivity index (χ1) is 16.5. The van der Waals surface area contributed by atoms with E-state index in [0.29, 0.717) is 29.1 Å². The van der Waals surface area contributed by atoms with Crippen LogP contribution in [0.5, 0.6) is 0 Å². The van der Waals surface area contributed by atoms with Gasteiger partial charge in [-0.3, -0.25) is 14.5 Å². The van der Waals surface area contributed by atoms with Gasteiger partial charge in [0.1, 0.15) is 11.9 Å². The number of amides is 2. The van der Waals surface area contributed by atoms with E-state index in [9.17, 15) is 9.59 Å². The third kappa shape index (κ3) is 4.64. The maximum Gasteiger partial charge on any atom is 0.259 e. The van der Waals surface area contributed by atoms with Gasteiger partial charge >= 0.3 is 0 Å². The fourth-order valence-electron chi connectivity index (χ4n) is 3.57. The van der Waals surface area contributed by atoms with Crippen LogP contribution in [0.2, 0.25) is 0 Å². The van der Waals surface area contributed by atoms with Gasteiger partial charge in [-0.15, -0.1) is 0 Å². The molecule has 170 valence electrons. The average Bonchev–Trinajstić information content (AvgIpc) is 3.31. The molecule has 0 unspecified atom stereocenters. The molecule has 0 aliphatic heterocycles. The van der Waals surface area contributed by atoms with Crippen LogP contribution in [0, 0.1) is 11.3 Å². The number of carbonyl (C=O) groups is 2. The smallest absolute Gasteiger partial charge is 0.259 e. The SMILES string of the molecule is CCCCNC(=O)c1ccc(-c2cnn3ccc(C(=O)N(C)c4ccc(C#N)cn4)cc23)cc1. The third-order valence-electron chi connectivity index (χ3n) is 5.57. The zero-order valence-electron chi connectivity index (χ0n) is 19.0. The predicted octanol–water partition coefficient (Wildman–Crippen LogP) is 4.07. The van der Waals surface area contributed by atoms with Crippen molar-refractivity contribution in [1.82, 2.24) is 19.9 Å². The lowest BCUT2D eigenvalue weighted by molar-refractivity contribution is 0.0951. The first-order valence-electron chi connectivity index (χ1n) is 11.0. The number of benzene rings is 1. The minimum atomic E-state index is -0.231. The van der Waals surface area contributed by atoms with Crippen LogP contribution in [0.25, 0.3) is 16.6 Å². The summed E-state index contributed by atoms with van der Waals surface area (Å²) in [5, 5.41) is 16.3. The number of nitrogens with zero attached hydrogens (tertiary/aromatic N) is 5. The largest absolute Gasteiger partial charge is 0.352 e. The molecule has 0 bridgehead atoms. The van der Waals surface area contributed by atoms with Gasteiger partial charge in [-0.05, 0) is 48.4 Å². The molecule has 0 aliphatic carbocycles. The molecule has 0 fully saturated rings. The Balaban J connectivity index is 1.58. The Morgan fingerprint density at radius 1 is 1.09 bits per heavy atom. The van der Waals surface area contributed by atoms with Crippen LogP contribution >= 0.6 is 0 Å². The fourth-order valence-corrected chi connectivity index (χ4v) is 3.57. The zero-order chi connectivity index (χ0) is 24.1. The van der Waals surface area contributed by atoms with Crippen molar-refractivity contribution in [1.29, 1.82) is 5.26 Å². The molecule has 4 rings (SSSR count). The van der Waals surface area contributed by atoms with Crippen molar-refractivity contribution in [3.63, 3.8) is 0 Å². The van der Waals surface area contributed by atoms with Gasteiger partial charge in [-0.1, -0.05) is 25.5 Å². The number of hydrogen-bond acceptors (Lipinski definition) is 5. The first kappa shape index (κ1) is 22.7. The number of unbranched alkanes of at least 4 members (excludes halogenated alkanes) is 1. The average molecular weight is 453 g/mol. The zero-order valence-corrected chi connectivity index (χ0v) is 19.0. The number of nitrogens with one attached hydrogen (secondary N) is 1. The van der Waals surface area contributed by atoms with E-state index in [2.05, 4.69) is 22.3 Å². The Kier molecular flexibility index (Phi) is 6.64. The highest BCUT2D eigenvalue weighted by atomic mass is 16.2. The summed E-state index contributed by atoms with van der Waals surface area (Å²) in [6, 6.07) is 16.1. The molecule has 8 nitrogen and oxygen atoms in total. The molecular weight excluding hydrogens is 428 g/mol. The van der Waals surface area contributed by atoms with E-state index in [-0.39, 0.29) is 11.8 Å². The van der Waals surface area contributed by atoms with Crippen LogP contribution in [0.15, 0.2) is 67.1 Å². The van der Waals surface area contributed by atoms with Crippen molar-refractivity contribution in [3.8, 4) is 17.2 Å². The summed E-state index contributed by atoms with van der Waals surface area (Å²) in [6.45, 7) is 2.74. The number of pyridine rings is 2. The molecule has 2 amide bonds. The number of nitriles is 1. The van der Waals surface area contributed by atoms with Crippen molar-refractivity contribution in [3.05, 3.63) is 83.8 Å². The molecule has 0 aliphatic rings. The monoisotopic (exact) mass is 452 g/mol. The van der Waals surface area contributed by atoms with Crippen LogP contribution in [0.1, 0.15) is 46.0 Å². The highest BCUT2D eigenvalue weighted by Gasteiger charge is 2.17. The summed E-state index contributed by atoms with van der Waals surface area (Å²) < 4.78 is 1.71. The summed E-state index contributed by atoms with van der Waals surface area (Å²) in [5.74, 6) is 0.128. The van der Waals surface area contributed by atoms with E-state index in [1.165, 1.54) is 11.1 Å². The Labute approximate surface area is 197 Å². The molecule has 3 heterocycles. The summed E-state index contributed by atoms with van der Waals surface area (Å²) in [5.41, 5.74) is 4.03. The van der Waals surface area contributed by atoms with Gasteiger partial charge in [0.2, 0.25) is 0 Å². The number of hydrogen-bond donors (Lipinski definition) is 1. The summed E-state index contributed by atoms with van der Waals surface area (Å²) in [6.07, 6.45) is 6.89.